The lowest BCUT2D eigenvalue weighted by Gasteiger charge is -2.22. The molecular weight excluding hydrogens is 875 g/mol. The number of ether oxygens (including phenoxy) is 1. The van der Waals surface area contributed by atoms with Crippen LogP contribution in [0.25, 0.3) is 0 Å². The summed E-state index contributed by atoms with van der Waals surface area (Å²) in [6.45, 7) is 4.97. The molecule has 0 saturated carbocycles. The highest BCUT2D eigenvalue weighted by Gasteiger charge is 2.20. The van der Waals surface area contributed by atoms with Gasteiger partial charge in [-0.05, 0) is 51.4 Å². The summed E-state index contributed by atoms with van der Waals surface area (Å²) >= 11 is 0. The number of aliphatic hydroxyl groups is 2. The number of amides is 1. The van der Waals surface area contributed by atoms with Crippen LogP contribution in [0.15, 0.2) is 12.2 Å². The average Bonchev–Trinajstić information content (AvgIpc) is 3.37. The molecule has 0 aromatic carbocycles. The number of aliphatic hydroxyl groups excluding tert-OH is 2. The highest BCUT2D eigenvalue weighted by atomic mass is 16.5. The van der Waals surface area contributed by atoms with Gasteiger partial charge < -0.3 is 20.3 Å². The Morgan fingerprint density at radius 3 is 1.00 bits per heavy atom. The summed E-state index contributed by atoms with van der Waals surface area (Å²) in [7, 11) is 0. The topological polar surface area (TPSA) is 95.9 Å². The van der Waals surface area contributed by atoms with E-state index in [2.05, 4.69) is 31.3 Å². The Kier molecular flexibility index (Phi) is 59.9. The molecule has 1 amide bonds. The molecule has 0 aromatic rings. The molecule has 0 radical (unpaired) electrons. The van der Waals surface area contributed by atoms with Gasteiger partial charge in [-0.15, -0.1) is 0 Å². The monoisotopic (exact) mass is 1000 g/mol. The van der Waals surface area contributed by atoms with Gasteiger partial charge in [0.1, 0.15) is 0 Å². The van der Waals surface area contributed by atoms with Crippen LogP contribution in [-0.2, 0) is 14.3 Å². The zero-order chi connectivity index (χ0) is 51.4. The molecular formula is C65H127NO5. The van der Waals surface area contributed by atoms with E-state index in [9.17, 15) is 19.8 Å². The highest BCUT2D eigenvalue weighted by molar-refractivity contribution is 5.76. The Hall–Kier alpha value is -1.40. The number of esters is 1. The van der Waals surface area contributed by atoms with Crippen molar-refractivity contribution in [2.24, 2.45) is 0 Å². The molecule has 0 bridgehead atoms. The van der Waals surface area contributed by atoms with E-state index in [-0.39, 0.29) is 18.5 Å². The number of carbonyl (C=O) groups excluding carboxylic acids is 2. The molecule has 0 spiro atoms. The highest BCUT2D eigenvalue weighted by Crippen LogP contribution is 2.18. The van der Waals surface area contributed by atoms with Crippen molar-refractivity contribution in [3.05, 3.63) is 12.2 Å². The molecule has 0 fully saturated rings. The standard InChI is InChI=1S/C65H127NO5/c1-3-5-7-9-11-13-15-17-19-27-30-33-37-41-45-49-53-57-63(68)62(61-67)66-64(69)58-54-50-46-42-38-34-31-28-25-23-21-20-22-24-26-29-32-36-40-44-48-52-56-60-71-65(70)59-55-51-47-43-39-35-18-16-14-12-10-8-6-4-2/h16,18,62-63,67-68H,3-15,17,19-61H2,1-2H3,(H,66,69)/b18-16-. The lowest BCUT2D eigenvalue weighted by Crippen LogP contribution is -2.45. The fourth-order valence-electron chi connectivity index (χ4n) is 10.3. The van der Waals surface area contributed by atoms with Crippen LogP contribution in [0.3, 0.4) is 0 Å². The first-order valence-electron chi connectivity index (χ1n) is 32.4. The van der Waals surface area contributed by atoms with Gasteiger partial charge in [-0.2, -0.15) is 0 Å². The van der Waals surface area contributed by atoms with Crippen LogP contribution in [0.2, 0.25) is 0 Å². The second-order valence-electron chi connectivity index (χ2n) is 22.5. The maximum atomic E-state index is 12.5. The van der Waals surface area contributed by atoms with Gasteiger partial charge in [0.25, 0.3) is 0 Å². The van der Waals surface area contributed by atoms with Gasteiger partial charge in [0.05, 0.1) is 25.4 Å². The minimum atomic E-state index is -0.663. The van der Waals surface area contributed by atoms with Crippen LogP contribution in [0, 0.1) is 0 Å². The van der Waals surface area contributed by atoms with E-state index >= 15 is 0 Å². The first-order valence-corrected chi connectivity index (χ1v) is 32.4. The Bertz CT molecular complexity index is 1060. The number of unbranched alkanes of at least 4 members (excludes halogenated alkanes) is 48. The molecule has 0 aliphatic heterocycles. The third-order valence-electron chi connectivity index (χ3n) is 15.3. The number of carbonyl (C=O) groups is 2. The van der Waals surface area contributed by atoms with E-state index < -0.39 is 12.1 Å². The zero-order valence-corrected chi connectivity index (χ0v) is 48.2. The maximum absolute atomic E-state index is 12.5. The first kappa shape index (κ1) is 69.6. The molecule has 0 saturated heterocycles. The van der Waals surface area contributed by atoms with E-state index in [1.165, 1.54) is 289 Å². The second kappa shape index (κ2) is 61.1. The minimum Gasteiger partial charge on any atom is -0.466 e. The quantitative estimate of drug-likeness (QED) is 0.0320. The van der Waals surface area contributed by atoms with Crippen molar-refractivity contribution in [2.75, 3.05) is 13.2 Å². The van der Waals surface area contributed by atoms with Crippen LogP contribution in [0.1, 0.15) is 367 Å². The summed E-state index contributed by atoms with van der Waals surface area (Å²) in [5.74, 6) is -0.0244. The number of nitrogens with one attached hydrogen (secondary N) is 1. The van der Waals surface area contributed by atoms with Crippen molar-refractivity contribution in [1.82, 2.24) is 5.32 Å². The molecule has 0 aliphatic rings. The Balaban J connectivity index is 3.37. The summed E-state index contributed by atoms with van der Waals surface area (Å²) in [5.41, 5.74) is 0. The molecule has 0 heterocycles. The molecule has 71 heavy (non-hydrogen) atoms. The third-order valence-corrected chi connectivity index (χ3v) is 15.3. The predicted molar refractivity (Wildman–Crippen MR) is 310 cm³/mol. The van der Waals surface area contributed by atoms with Crippen molar-refractivity contribution >= 4 is 11.9 Å². The number of hydrogen-bond donors (Lipinski definition) is 3. The van der Waals surface area contributed by atoms with E-state index in [0.717, 1.165) is 44.9 Å². The largest absolute Gasteiger partial charge is 0.466 e. The normalized spacial score (nSPS) is 12.6. The van der Waals surface area contributed by atoms with Crippen molar-refractivity contribution < 1.29 is 24.5 Å². The fourth-order valence-corrected chi connectivity index (χ4v) is 10.3. The lowest BCUT2D eigenvalue weighted by molar-refractivity contribution is -0.143. The molecule has 2 atom stereocenters. The smallest absolute Gasteiger partial charge is 0.305 e. The molecule has 0 aliphatic carbocycles. The van der Waals surface area contributed by atoms with Gasteiger partial charge in [0.15, 0.2) is 0 Å². The summed E-state index contributed by atoms with van der Waals surface area (Å²) in [6.07, 6.45) is 73.7. The molecule has 6 nitrogen and oxygen atoms in total. The van der Waals surface area contributed by atoms with Gasteiger partial charge in [0, 0.05) is 12.8 Å². The third kappa shape index (κ3) is 57.7. The van der Waals surface area contributed by atoms with Crippen LogP contribution in [0.4, 0.5) is 0 Å². The summed E-state index contributed by atoms with van der Waals surface area (Å²) in [5, 5.41) is 23.3. The summed E-state index contributed by atoms with van der Waals surface area (Å²) in [4.78, 5) is 24.6. The van der Waals surface area contributed by atoms with E-state index in [1.807, 2.05) is 0 Å². The van der Waals surface area contributed by atoms with Gasteiger partial charge in [-0.1, -0.05) is 315 Å². The van der Waals surface area contributed by atoms with Crippen molar-refractivity contribution in [3.8, 4) is 0 Å². The van der Waals surface area contributed by atoms with E-state index in [1.54, 1.807) is 0 Å². The Morgan fingerprint density at radius 2 is 0.662 bits per heavy atom. The molecule has 0 aromatic heterocycles. The number of hydrogen-bond acceptors (Lipinski definition) is 5. The van der Waals surface area contributed by atoms with E-state index in [0.29, 0.717) is 25.9 Å². The molecule has 6 heteroatoms. The minimum absolute atomic E-state index is 0.00671. The van der Waals surface area contributed by atoms with Crippen LogP contribution in [0.5, 0.6) is 0 Å². The molecule has 422 valence electrons. The average molecular weight is 1000 g/mol. The second-order valence-corrected chi connectivity index (χ2v) is 22.5. The maximum Gasteiger partial charge on any atom is 0.305 e. The van der Waals surface area contributed by atoms with Gasteiger partial charge >= 0.3 is 5.97 Å². The molecule has 3 N–H and O–H groups in total. The molecule has 0 rings (SSSR count). The fraction of sp³-hybridized carbons (Fsp3) is 0.938. The predicted octanol–water partition coefficient (Wildman–Crippen LogP) is 20.4. The van der Waals surface area contributed by atoms with Crippen molar-refractivity contribution in [2.45, 2.75) is 379 Å². The van der Waals surface area contributed by atoms with Gasteiger partial charge in [0.2, 0.25) is 5.91 Å². The van der Waals surface area contributed by atoms with Crippen LogP contribution >= 0.6 is 0 Å². The van der Waals surface area contributed by atoms with Gasteiger partial charge in [-0.3, -0.25) is 9.59 Å². The lowest BCUT2D eigenvalue weighted by atomic mass is 10.0. The Labute approximate surface area is 444 Å². The van der Waals surface area contributed by atoms with Crippen LogP contribution in [-0.4, -0.2) is 47.4 Å². The van der Waals surface area contributed by atoms with E-state index in [4.69, 9.17) is 4.74 Å². The molecule has 2 unspecified atom stereocenters. The van der Waals surface area contributed by atoms with Gasteiger partial charge in [-0.25, -0.2) is 0 Å². The zero-order valence-electron chi connectivity index (χ0n) is 48.2. The first-order chi connectivity index (χ1) is 35.0. The number of allylic oxidation sites excluding steroid dienone is 2. The van der Waals surface area contributed by atoms with Crippen LogP contribution < -0.4 is 5.32 Å². The summed E-state index contributed by atoms with van der Waals surface area (Å²) < 4.78 is 5.48. The Morgan fingerprint density at radius 1 is 0.380 bits per heavy atom. The summed E-state index contributed by atoms with van der Waals surface area (Å²) in [6, 6.07) is -0.541. The SMILES string of the molecule is CCCCCCC/C=C\CCCCCCCC(=O)OCCCCCCCCCCCCCCCCCCCCCCCCCC(=O)NC(CO)C(O)CCCCCCCCCCCCCCCCCCC. The van der Waals surface area contributed by atoms with Crippen molar-refractivity contribution in [3.63, 3.8) is 0 Å². The van der Waals surface area contributed by atoms with Crippen molar-refractivity contribution in [1.29, 1.82) is 0 Å². The number of rotatable bonds is 61.